The van der Waals surface area contributed by atoms with Crippen LogP contribution in [0, 0.1) is 0 Å². The standard InChI is InChI=1S/C11H15N3O4/c12-5-7-1-2-9(18-7)11(16)14-3-4-17-6-8(14)10(13)15/h1-2,8H,3-6,12H2,(H2,13,15). The van der Waals surface area contributed by atoms with Crippen LogP contribution in [0.15, 0.2) is 16.5 Å². The predicted molar refractivity (Wildman–Crippen MR) is 61.4 cm³/mol. The van der Waals surface area contributed by atoms with Gasteiger partial charge in [0.1, 0.15) is 11.8 Å². The number of primary amides is 1. The Balaban J connectivity index is 2.17. The molecular weight excluding hydrogens is 238 g/mol. The minimum absolute atomic E-state index is 0.117. The van der Waals surface area contributed by atoms with Gasteiger partial charge in [-0.25, -0.2) is 0 Å². The molecule has 1 aromatic rings. The van der Waals surface area contributed by atoms with Crippen molar-refractivity contribution >= 4 is 11.8 Å². The second-order valence-electron chi connectivity index (χ2n) is 3.96. The quantitative estimate of drug-likeness (QED) is 0.722. The molecule has 7 nitrogen and oxygen atoms in total. The molecule has 1 aliphatic rings. The Labute approximate surface area is 104 Å². The first-order valence-electron chi connectivity index (χ1n) is 5.60. The molecule has 98 valence electrons. The van der Waals surface area contributed by atoms with Crippen LogP contribution in [-0.2, 0) is 16.1 Å². The summed E-state index contributed by atoms with van der Waals surface area (Å²) in [6.07, 6.45) is 0. The topological polar surface area (TPSA) is 112 Å². The molecule has 2 rings (SSSR count). The SMILES string of the molecule is NCc1ccc(C(=O)N2CCOCC2C(N)=O)o1. The van der Waals surface area contributed by atoms with Gasteiger partial charge in [-0.1, -0.05) is 0 Å². The van der Waals surface area contributed by atoms with Gasteiger partial charge in [-0.2, -0.15) is 0 Å². The van der Waals surface area contributed by atoms with Crippen molar-refractivity contribution in [1.29, 1.82) is 0 Å². The molecule has 1 fully saturated rings. The highest BCUT2D eigenvalue weighted by atomic mass is 16.5. The van der Waals surface area contributed by atoms with Gasteiger partial charge in [-0.05, 0) is 12.1 Å². The smallest absolute Gasteiger partial charge is 0.290 e. The summed E-state index contributed by atoms with van der Waals surface area (Å²) >= 11 is 0. The Kier molecular flexibility index (Phi) is 3.63. The summed E-state index contributed by atoms with van der Waals surface area (Å²) in [5.74, 6) is -0.290. The normalized spacial score (nSPS) is 19.8. The van der Waals surface area contributed by atoms with Crippen molar-refractivity contribution in [3.8, 4) is 0 Å². The van der Waals surface area contributed by atoms with Gasteiger partial charge in [-0.15, -0.1) is 0 Å². The van der Waals surface area contributed by atoms with Gasteiger partial charge in [0.25, 0.3) is 5.91 Å². The van der Waals surface area contributed by atoms with Crippen LogP contribution in [0.5, 0.6) is 0 Å². The molecule has 2 amide bonds. The Morgan fingerprint density at radius 2 is 2.22 bits per heavy atom. The molecule has 0 saturated carbocycles. The van der Waals surface area contributed by atoms with Gasteiger partial charge in [-0.3, -0.25) is 9.59 Å². The Morgan fingerprint density at radius 3 is 2.83 bits per heavy atom. The van der Waals surface area contributed by atoms with Gasteiger partial charge >= 0.3 is 0 Å². The molecule has 1 aromatic heterocycles. The molecule has 4 N–H and O–H groups in total. The van der Waals surface area contributed by atoms with Crippen molar-refractivity contribution in [2.75, 3.05) is 19.8 Å². The fourth-order valence-corrected chi connectivity index (χ4v) is 1.83. The van der Waals surface area contributed by atoms with Crippen molar-refractivity contribution in [2.24, 2.45) is 11.5 Å². The number of furan rings is 1. The highest BCUT2D eigenvalue weighted by molar-refractivity contribution is 5.95. The average Bonchev–Trinajstić information content (AvgIpc) is 2.86. The lowest BCUT2D eigenvalue weighted by Crippen LogP contribution is -2.54. The minimum Gasteiger partial charge on any atom is -0.455 e. The van der Waals surface area contributed by atoms with Crippen molar-refractivity contribution in [2.45, 2.75) is 12.6 Å². The van der Waals surface area contributed by atoms with Gasteiger partial charge < -0.3 is 25.5 Å². The number of nitrogens with zero attached hydrogens (tertiary/aromatic N) is 1. The molecule has 18 heavy (non-hydrogen) atoms. The van der Waals surface area contributed by atoms with E-state index in [4.69, 9.17) is 20.6 Å². The van der Waals surface area contributed by atoms with Crippen LogP contribution in [0.25, 0.3) is 0 Å². The highest BCUT2D eigenvalue weighted by Crippen LogP contribution is 2.15. The van der Waals surface area contributed by atoms with E-state index in [-0.39, 0.29) is 24.8 Å². The lowest BCUT2D eigenvalue weighted by atomic mass is 10.2. The van der Waals surface area contributed by atoms with Crippen LogP contribution < -0.4 is 11.5 Å². The minimum atomic E-state index is -0.752. The van der Waals surface area contributed by atoms with E-state index in [9.17, 15) is 9.59 Å². The van der Waals surface area contributed by atoms with Crippen molar-refractivity contribution < 1.29 is 18.7 Å². The Morgan fingerprint density at radius 1 is 1.44 bits per heavy atom. The van der Waals surface area contributed by atoms with Crippen molar-refractivity contribution in [3.63, 3.8) is 0 Å². The number of nitrogens with two attached hydrogens (primary N) is 2. The van der Waals surface area contributed by atoms with Gasteiger partial charge in [0, 0.05) is 6.54 Å². The van der Waals surface area contributed by atoms with E-state index in [1.807, 2.05) is 0 Å². The lowest BCUT2D eigenvalue weighted by Gasteiger charge is -2.32. The van der Waals surface area contributed by atoms with E-state index in [0.29, 0.717) is 18.9 Å². The molecule has 0 spiro atoms. The van der Waals surface area contributed by atoms with E-state index >= 15 is 0 Å². The first-order valence-corrected chi connectivity index (χ1v) is 5.60. The van der Waals surface area contributed by atoms with Crippen LogP contribution in [0.4, 0.5) is 0 Å². The number of morpholine rings is 1. The molecule has 7 heteroatoms. The van der Waals surface area contributed by atoms with Crippen LogP contribution in [-0.4, -0.2) is 42.5 Å². The Hall–Kier alpha value is -1.86. The molecule has 0 radical (unpaired) electrons. The maximum atomic E-state index is 12.2. The number of hydrogen-bond acceptors (Lipinski definition) is 5. The molecule has 2 heterocycles. The van der Waals surface area contributed by atoms with Crippen molar-refractivity contribution in [1.82, 2.24) is 4.90 Å². The zero-order chi connectivity index (χ0) is 13.1. The first kappa shape index (κ1) is 12.6. The number of amides is 2. The third-order valence-corrected chi connectivity index (χ3v) is 2.79. The highest BCUT2D eigenvalue weighted by Gasteiger charge is 2.33. The Bertz CT molecular complexity index is 457. The van der Waals surface area contributed by atoms with Gasteiger partial charge in [0.2, 0.25) is 5.91 Å². The number of hydrogen-bond donors (Lipinski definition) is 2. The second kappa shape index (κ2) is 5.19. The molecule has 0 bridgehead atoms. The zero-order valence-electron chi connectivity index (χ0n) is 9.80. The molecule has 1 unspecified atom stereocenters. The summed E-state index contributed by atoms with van der Waals surface area (Å²) in [6.45, 7) is 1.02. The number of carbonyl (C=O) groups is 2. The number of rotatable bonds is 3. The third kappa shape index (κ3) is 2.36. The fraction of sp³-hybridized carbons (Fsp3) is 0.455. The van der Waals surface area contributed by atoms with E-state index < -0.39 is 11.9 Å². The van der Waals surface area contributed by atoms with Crippen molar-refractivity contribution in [3.05, 3.63) is 23.7 Å². The first-order chi connectivity index (χ1) is 8.63. The number of ether oxygens (including phenoxy) is 1. The molecule has 1 aliphatic heterocycles. The van der Waals surface area contributed by atoms with Crippen LogP contribution >= 0.6 is 0 Å². The summed E-state index contributed by atoms with van der Waals surface area (Å²) in [6, 6.07) is 2.42. The van der Waals surface area contributed by atoms with Crippen LogP contribution in [0.2, 0.25) is 0 Å². The summed E-state index contributed by atoms with van der Waals surface area (Å²) in [5, 5.41) is 0. The summed E-state index contributed by atoms with van der Waals surface area (Å²) in [5.41, 5.74) is 10.6. The van der Waals surface area contributed by atoms with E-state index in [0.717, 1.165) is 0 Å². The van der Waals surface area contributed by atoms with Gasteiger partial charge in [0.05, 0.1) is 19.8 Å². The largest absolute Gasteiger partial charge is 0.455 e. The summed E-state index contributed by atoms with van der Waals surface area (Å²) in [4.78, 5) is 24.8. The van der Waals surface area contributed by atoms with E-state index in [1.54, 1.807) is 6.07 Å². The zero-order valence-corrected chi connectivity index (χ0v) is 9.80. The fourth-order valence-electron chi connectivity index (χ4n) is 1.83. The molecular formula is C11H15N3O4. The number of carbonyl (C=O) groups excluding carboxylic acids is 2. The molecule has 1 atom stereocenters. The predicted octanol–water partition coefficient (Wildman–Crippen LogP) is -0.935. The molecule has 0 aromatic carbocycles. The van der Waals surface area contributed by atoms with E-state index in [2.05, 4.69) is 0 Å². The molecule has 1 saturated heterocycles. The maximum absolute atomic E-state index is 12.2. The van der Waals surface area contributed by atoms with Crippen LogP contribution in [0.1, 0.15) is 16.3 Å². The third-order valence-electron chi connectivity index (χ3n) is 2.79. The van der Waals surface area contributed by atoms with Gasteiger partial charge in [0.15, 0.2) is 5.76 Å². The summed E-state index contributed by atoms with van der Waals surface area (Å²) in [7, 11) is 0. The second-order valence-corrected chi connectivity index (χ2v) is 3.96. The van der Waals surface area contributed by atoms with E-state index in [1.165, 1.54) is 11.0 Å². The molecule has 0 aliphatic carbocycles. The lowest BCUT2D eigenvalue weighted by molar-refractivity contribution is -0.127. The monoisotopic (exact) mass is 253 g/mol. The maximum Gasteiger partial charge on any atom is 0.290 e. The average molecular weight is 253 g/mol. The van der Waals surface area contributed by atoms with Crippen LogP contribution in [0.3, 0.4) is 0 Å². The summed E-state index contributed by atoms with van der Waals surface area (Å²) < 4.78 is 10.4.